The van der Waals surface area contributed by atoms with Crippen LogP contribution in [-0.4, -0.2) is 24.5 Å². The summed E-state index contributed by atoms with van der Waals surface area (Å²) >= 11 is 0. The fraction of sp³-hybridized carbons (Fsp3) is 0.913. The van der Waals surface area contributed by atoms with Gasteiger partial charge in [-0.1, -0.05) is 116 Å². The topological polar surface area (TPSA) is 3.24 Å². The maximum Gasteiger partial charge on any atom is 0.0162 e. The van der Waals surface area contributed by atoms with Crippen molar-refractivity contribution in [1.29, 1.82) is 0 Å². The van der Waals surface area contributed by atoms with E-state index in [1.165, 1.54) is 109 Å². The molecule has 0 amide bonds. The Balaban J connectivity index is 3.11. The summed E-state index contributed by atoms with van der Waals surface area (Å²) in [5.41, 5.74) is 0. The molecule has 0 aromatic rings. The van der Waals surface area contributed by atoms with Crippen molar-refractivity contribution in [1.82, 2.24) is 4.90 Å². The lowest BCUT2D eigenvalue weighted by molar-refractivity contribution is 0.337. The third-order valence-electron chi connectivity index (χ3n) is 5.15. The van der Waals surface area contributed by atoms with E-state index in [0.29, 0.717) is 0 Å². The van der Waals surface area contributed by atoms with Crippen LogP contribution in [0.2, 0.25) is 0 Å². The highest BCUT2D eigenvalue weighted by Crippen LogP contribution is 2.13. The Bertz CT molecular complexity index is 242. The lowest BCUT2D eigenvalue weighted by Crippen LogP contribution is -2.22. The number of hydrogen-bond donors (Lipinski definition) is 0. The standard InChI is InChI=1S/C23H47N/c1-4-7-8-9-10-11-12-13-14-15-16-17-18-19-20-21-22-23-24(5-2)6-3/h21-22H,4-20,23H2,1-3H3. The Morgan fingerprint density at radius 3 is 1.33 bits per heavy atom. The molecular weight excluding hydrogens is 290 g/mol. The fourth-order valence-corrected chi connectivity index (χ4v) is 3.28. The Morgan fingerprint density at radius 2 is 0.917 bits per heavy atom. The monoisotopic (exact) mass is 337 g/mol. The minimum Gasteiger partial charge on any atom is -0.300 e. The van der Waals surface area contributed by atoms with Crippen molar-refractivity contribution < 1.29 is 0 Å². The highest BCUT2D eigenvalue weighted by atomic mass is 15.1. The second-order valence-electron chi connectivity index (χ2n) is 7.34. The van der Waals surface area contributed by atoms with E-state index in [1.54, 1.807) is 0 Å². The van der Waals surface area contributed by atoms with Gasteiger partial charge in [0.05, 0.1) is 0 Å². The Hall–Kier alpha value is -0.300. The van der Waals surface area contributed by atoms with E-state index in [1.807, 2.05) is 0 Å². The summed E-state index contributed by atoms with van der Waals surface area (Å²) < 4.78 is 0. The first-order valence-electron chi connectivity index (χ1n) is 11.2. The van der Waals surface area contributed by atoms with E-state index < -0.39 is 0 Å². The molecule has 0 aromatic heterocycles. The van der Waals surface area contributed by atoms with Crippen LogP contribution in [0.4, 0.5) is 0 Å². The van der Waals surface area contributed by atoms with Crippen molar-refractivity contribution in [2.45, 2.75) is 117 Å². The van der Waals surface area contributed by atoms with Crippen molar-refractivity contribution in [3.63, 3.8) is 0 Å². The quantitative estimate of drug-likeness (QED) is 0.172. The molecule has 0 heterocycles. The van der Waals surface area contributed by atoms with Gasteiger partial charge in [0, 0.05) is 6.54 Å². The van der Waals surface area contributed by atoms with Gasteiger partial charge in [-0.05, 0) is 25.9 Å². The Kier molecular flexibility index (Phi) is 20.5. The summed E-state index contributed by atoms with van der Waals surface area (Å²) in [6.45, 7) is 10.2. The van der Waals surface area contributed by atoms with Crippen LogP contribution in [0, 0.1) is 0 Å². The van der Waals surface area contributed by atoms with Gasteiger partial charge in [0.15, 0.2) is 0 Å². The number of nitrogens with zero attached hydrogens (tertiary/aromatic N) is 1. The minimum atomic E-state index is 1.13. The van der Waals surface area contributed by atoms with E-state index in [9.17, 15) is 0 Å². The molecule has 0 spiro atoms. The molecule has 0 N–H and O–H groups in total. The summed E-state index contributed by atoms with van der Waals surface area (Å²) in [6.07, 6.45) is 26.3. The summed E-state index contributed by atoms with van der Waals surface area (Å²) in [5, 5.41) is 0. The number of hydrogen-bond acceptors (Lipinski definition) is 1. The fourth-order valence-electron chi connectivity index (χ4n) is 3.28. The zero-order valence-electron chi connectivity index (χ0n) is 17.3. The molecule has 0 saturated heterocycles. The third kappa shape index (κ3) is 18.0. The molecular formula is C23H47N. The van der Waals surface area contributed by atoms with Crippen molar-refractivity contribution >= 4 is 0 Å². The van der Waals surface area contributed by atoms with Crippen LogP contribution in [-0.2, 0) is 0 Å². The first-order chi connectivity index (χ1) is 11.8. The van der Waals surface area contributed by atoms with E-state index in [0.717, 1.165) is 6.54 Å². The maximum atomic E-state index is 2.46. The smallest absolute Gasteiger partial charge is 0.0162 e. The predicted molar refractivity (Wildman–Crippen MR) is 112 cm³/mol. The van der Waals surface area contributed by atoms with Gasteiger partial charge < -0.3 is 4.90 Å². The lowest BCUT2D eigenvalue weighted by Gasteiger charge is -2.14. The second kappa shape index (κ2) is 20.7. The van der Waals surface area contributed by atoms with Crippen LogP contribution < -0.4 is 0 Å². The van der Waals surface area contributed by atoms with Crippen LogP contribution in [0.15, 0.2) is 12.2 Å². The van der Waals surface area contributed by atoms with Gasteiger partial charge in [0.2, 0.25) is 0 Å². The van der Waals surface area contributed by atoms with Crippen LogP contribution in [0.25, 0.3) is 0 Å². The Morgan fingerprint density at radius 1 is 0.500 bits per heavy atom. The zero-order valence-corrected chi connectivity index (χ0v) is 17.3. The van der Waals surface area contributed by atoms with Gasteiger partial charge in [0.1, 0.15) is 0 Å². The number of likely N-dealkylation sites (N-methyl/N-ethyl adjacent to an activating group) is 1. The van der Waals surface area contributed by atoms with Crippen molar-refractivity contribution in [3.8, 4) is 0 Å². The Labute approximate surface area is 154 Å². The van der Waals surface area contributed by atoms with Gasteiger partial charge in [-0.15, -0.1) is 0 Å². The largest absolute Gasteiger partial charge is 0.300 e. The molecule has 0 radical (unpaired) electrons. The molecule has 0 aliphatic rings. The normalized spacial score (nSPS) is 11.8. The van der Waals surface area contributed by atoms with Crippen molar-refractivity contribution in [3.05, 3.63) is 12.2 Å². The third-order valence-corrected chi connectivity index (χ3v) is 5.15. The molecule has 1 heteroatoms. The predicted octanol–water partition coefficient (Wildman–Crippen LogP) is 7.76. The molecule has 24 heavy (non-hydrogen) atoms. The second-order valence-corrected chi connectivity index (χ2v) is 7.34. The first-order valence-corrected chi connectivity index (χ1v) is 11.2. The number of allylic oxidation sites excluding steroid dienone is 1. The molecule has 0 rings (SSSR count). The first kappa shape index (κ1) is 23.7. The van der Waals surface area contributed by atoms with Gasteiger partial charge in [-0.2, -0.15) is 0 Å². The van der Waals surface area contributed by atoms with E-state index in [-0.39, 0.29) is 0 Å². The molecule has 0 aliphatic heterocycles. The summed E-state index contributed by atoms with van der Waals surface area (Å²) in [6, 6.07) is 0. The average Bonchev–Trinajstić information content (AvgIpc) is 2.61. The van der Waals surface area contributed by atoms with Crippen LogP contribution in [0.3, 0.4) is 0 Å². The number of unbranched alkanes of at least 4 members (excludes halogenated alkanes) is 14. The van der Waals surface area contributed by atoms with Crippen LogP contribution >= 0.6 is 0 Å². The SMILES string of the molecule is CCCCCCCCCCCCCCCCC=CCN(CC)CC. The van der Waals surface area contributed by atoms with Gasteiger partial charge in [-0.25, -0.2) is 0 Å². The number of rotatable bonds is 19. The average molecular weight is 338 g/mol. The molecule has 0 atom stereocenters. The summed E-state index contributed by atoms with van der Waals surface area (Å²) in [4.78, 5) is 2.46. The molecule has 0 bridgehead atoms. The maximum absolute atomic E-state index is 2.46. The molecule has 0 fully saturated rings. The van der Waals surface area contributed by atoms with Gasteiger partial charge >= 0.3 is 0 Å². The van der Waals surface area contributed by atoms with Crippen molar-refractivity contribution in [2.75, 3.05) is 19.6 Å². The lowest BCUT2D eigenvalue weighted by atomic mass is 10.0. The van der Waals surface area contributed by atoms with Gasteiger partial charge in [-0.3, -0.25) is 0 Å². The molecule has 0 unspecified atom stereocenters. The van der Waals surface area contributed by atoms with Gasteiger partial charge in [0.25, 0.3) is 0 Å². The summed E-state index contributed by atoms with van der Waals surface area (Å²) in [5.74, 6) is 0. The molecule has 0 aromatic carbocycles. The zero-order chi connectivity index (χ0) is 17.7. The van der Waals surface area contributed by atoms with E-state index in [2.05, 4.69) is 37.8 Å². The highest BCUT2D eigenvalue weighted by Gasteiger charge is 1.95. The van der Waals surface area contributed by atoms with Crippen LogP contribution in [0.1, 0.15) is 117 Å². The van der Waals surface area contributed by atoms with Crippen LogP contribution in [0.5, 0.6) is 0 Å². The van der Waals surface area contributed by atoms with Crippen molar-refractivity contribution in [2.24, 2.45) is 0 Å². The highest BCUT2D eigenvalue weighted by molar-refractivity contribution is 4.84. The van der Waals surface area contributed by atoms with E-state index in [4.69, 9.17) is 0 Å². The summed E-state index contributed by atoms with van der Waals surface area (Å²) in [7, 11) is 0. The molecule has 144 valence electrons. The molecule has 0 saturated carbocycles. The molecule has 1 nitrogen and oxygen atoms in total. The minimum absolute atomic E-state index is 1.13. The molecule has 0 aliphatic carbocycles. The van der Waals surface area contributed by atoms with E-state index >= 15 is 0 Å².